The lowest BCUT2D eigenvalue weighted by atomic mass is 10.0. The van der Waals surface area contributed by atoms with Gasteiger partial charge in [0.05, 0.1) is 17.6 Å². The van der Waals surface area contributed by atoms with Gasteiger partial charge in [-0.25, -0.2) is 23.4 Å². The second-order valence-electron chi connectivity index (χ2n) is 6.57. The van der Waals surface area contributed by atoms with E-state index in [2.05, 4.69) is 15.0 Å². The lowest BCUT2D eigenvalue weighted by Gasteiger charge is -2.07. The zero-order valence-corrected chi connectivity index (χ0v) is 16.9. The molecule has 30 heavy (non-hydrogen) atoms. The van der Waals surface area contributed by atoms with E-state index in [1.54, 1.807) is 47.3 Å². The van der Waals surface area contributed by atoms with Crippen LogP contribution in [0.25, 0.3) is 5.78 Å². The number of aromatic nitrogens is 4. The molecule has 0 fully saturated rings. The van der Waals surface area contributed by atoms with Crippen LogP contribution in [-0.4, -0.2) is 40.7 Å². The molecule has 152 valence electrons. The van der Waals surface area contributed by atoms with E-state index in [0.717, 1.165) is 5.56 Å². The van der Waals surface area contributed by atoms with Crippen molar-refractivity contribution in [3.8, 4) is 5.88 Å². The number of pyridine rings is 1. The predicted molar refractivity (Wildman–Crippen MR) is 108 cm³/mol. The molecule has 8 nitrogen and oxygen atoms in total. The van der Waals surface area contributed by atoms with Crippen molar-refractivity contribution >= 4 is 21.4 Å². The minimum absolute atomic E-state index is 0.0459. The fourth-order valence-electron chi connectivity index (χ4n) is 2.98. The van der Waals surface area contributed by atoms with Crippen LogP contribution >= 0.6 is 0 Å². The lowest BCUT2D eigenvalue weighted by Crippen LogP contribution is -2.06. The highest BCUT2D eigenvalue weighted by Gasteiger charge is 2.20. The summed E-state index contributed by atoms with van der Waals surface area (Å²) in [5.74, 6) is 0.721. The van der Waals surface area contributed by atoms with Crippen LogP contribution in [0.4, 0.5) is 0 Å². The van der Waals surface area contributed by atoms with Crippen molar-refractivity contribution < 1.29 is 17.9 Å². The molecule has 0 saturated carbocycles. The standard InChI is InChI=1S/C21H18N4O4S/c1-29-19-3-2-4-20(24-19)30(27,28)17-8-5-15(6-9-17)7-10-18(26)16-13-23-21-22-11-12-25(21)14-16/h2-6,8-9,11-14H,7,10H2,1H3. The number of nitrogens with zero attached hydrogens (tertiary/aromatic N) is 4. The maximum Gasteiger partial charge on any atom is 0.233 e. The SMILES string of the molecule is COc1cccc(S(=O)(=O)c2ccc(CCC(=O)c3cnc4nccn4c3)cc2)n1. The molecule has 1 aromatic carbocycles. The lowest BCUT2D eigenvalue weighted by molar-refractivity contribution is 0.0982. The number of hydrogen-bond donors (Lipinski definition) is 0. The van der Waals surface area contributed by atoms with Gasteiger partial charge in [-0.3, -0.25) is 9.20 Å². The van der Waals surface area contributed by atoms with E-state index in [9.17, 15) is 13.2 Å². The van der Waals surface area contributed by atoms with E-state index in [-0.39, 0.29) is 28.0 Å². The topological polar surface area (TPSA) is 104 Å². The molecule has 0 radical (unpaired) electrons. The Morgan fingerprint density at radius 2 is 1.90 bits per heavy atom. The van der Waals surface area contributed by atoms with E-state index in [1.165, 1.54) is 31.5 Å². The van der Waals surface area contributed by atoms with Crippen molar-refractivity contribution in [2.24, 2.45) is 0 Å². The number of fused-ring (bicyclic) bond motifs is 1. The summed E-state index contributed by atoms with van der Waals surface area (Å²) >= 11 is 0. The highest BCUT2D eigenvalue weighted by atomic mass is 32.2. The van der Waals surface area contributed by atoms with Crippen molar-refractivity contribution in [1.29, 1.82) is 0 Å². The molecule has 9 heteroatoms. The first-order chi connectivity index (χ1) is 14.5. The molecule has 0 aliphatic heterocycles. The van der Waals surface area contributed by atoms with Crippen LogP contribution < -0.4 is 4.74 Å². The Morgan fingerprint density at radius 1 is 1.10 bits per heavy atom. The molecule has 0 aliphatic carbocycles. The number of imidazole rings is 1. The van der Waals surface area contributed by atoms with Gasteiger partial charge in [0.25, 0.3) is 0 Å². The minimum Gasteiger partial charge on any atom is -0.481 e. The molecule has 0 unspecified atom stereocenters. The van der Waals surface area contributed by atoms with Crippen molar-refractivity contribution in [1.82, 2.24) is 19.4 Å². The van der Waals surface area contributed by atoms with Crippen LogP contribution in [0.1, 0.15) is 22.3 Å². The zero-order valence-electron chi connectivity index (χ0n) is 16.1. The summed E-state index contributed by atoms with van der Waals surface area (Å²) < 4.78 is 32.2. The average Bonchev–Trinajstić information content (AvgIpc) is 3.25. The number of benzene rings is 1. The molecule has 3 aromatic heterocycles. The number of carbonyl (C=O) groups excluding carboxylic acids is 1. The van der Waals surface area contributed by atoms with Gasteiger partial charge in [0.2, 0.25) is 21.5 Å². The third-order valence-electron chi connectivity index (χ3n) is 4.62. The minimum atomic E-state index is -3.75. The number of hydrogen-bond acceptors (Lipinski definition) is 7. The van der Waals surface area contributed by atoms with Gasteiger partial charge in [0, 0.05) is 37.3 Å². The summed E-state index contributed by atoms with van der Waals surface area (Å²) in [6.45, 7) is 0. The highest BCUT2D eigenvalue weighted by Crippen LogP contribution is 2.22. The van der Waals surface area contributed by atoms with Crippen LogP contribution in [0.15, 0.2) is 77.2 Å². The van der Waals surface area contributed by atoms with Gasteiger partial charge in [-0.15, -0.1) is 0 Å². The highest BCUT2D eigenvalue weighted by molar-refractivity contribution is 7.91. The van der Waals surface area contributed by atoms with Gasteiger partial charge in [0.15, 0.2) is 10.8 Å². The van der Waals surface area contributed by atoms with Gasteiger partial charge in [-0.2, -0.15) is 0 Å². The second-order valence-corrected chi connectivity index (χ2v) is 8.46. The fraction of sp³-hybridized carbons (Fsp3) is 0.143. The molecule has 0 spiro atoms. The normalized spacial score (nSPS) is 11.5. The van der Waals surface area contributed by atoms with E-state index in [4.69, 9.17) is 4.74 Å². The van der Waals surface area contributed by atoms with E-state index >= 15 is 0 Å². The number of ether oxygens (including phenoxy) is 1. The van der Waals surface area contributed by atoms with Gasteiger partial charge < -0.3 is 4.74 Å². The Kier molecular flexibility index (Phi) is 5.28. The molecule has 4 rings (SSSR count). The second kappa shape index (κ2) is 8.03. The summed E-state index contributed by atoms with van der Waals surface area (Å²) in [5.41, 5.74) is 1.36. The Labute approximate surface area is 173 Å². The summed E-state index contributed by atoms with van der Waals surface area (Å²) in [6.07, 6.45) is 7.34. The predicted octanol–water partition coefficient (Wildman–Crippen LogP) is 2.78. The fourth-order valence-corrected chi connectivity index (χ4v) is 4.18. The molecule has 4 aromatic rings. The number of rotatable bonds is 7. The molecule has 0 N–H and O–H groups in total. The summed E-state index contributed by atoms with van der Waals surface area (Å²) in [7, 11) is -2.32. The number of methoxy groups -OCH3 is 1. The molecule has 0 atom stereocenters. The summed E-state index contributed by atoms with van der Waals surface area (Å²) in [5, 5.41) is -0.0767. The van der Waals surface area contributed by atoms with Crippen LogP contribution in [0.2, 0.25) is 0 Å². The quantitative estimate of drug-likeness (QED) is 0.422. The van der Waals surface area contributed by atoms with Gasteiger partial charge >= 0.3 is 0 Å². The van der Waals surface area contributed by atoms with Crippen molar-refractivity contribution in [3.05, 3.63) is 78.4 Å². The first kappa shape index (κ1) is 19.7. The maximum atomic E-state index is 12.8. The first-order valence-electron chi connectivity index (χ1n) is 9.14. The number of sulfone groups is 1. The summed E-state index contributed by atoms with van der Waals surface area (Å²) in [4.78, 5) is 24.8. The van der Waals surface area contributed by atoms with Gasteiger partial charge in [0.1, 0.15) is 0 Å². The Bertz CT molecular complexity index is 1310. The van der Waals surface area contributed by atoms with Crippen LogP contribution in [-0.2, 0) is 16.3 Å². The van der Waals surface area contributed by atoms with Crippen molar-refractivity contribution in [3.63, 3.8) is 0 Å². The summed E-state index contributed by atoms with van der Waals surface area (Å²) in [6, 6.07) is 11.0. The molecular formula is C21H18N4O4S. The smallest absolute Gasteiger partial charge is 0.233 e. The Balaban J connectivity index is 1.46. The monoisotopic (exact) mass is 422 g/mol. The Hall–Kier alpha value is -3.59. The Morgan fingerprint density at radius 3 is 2.67 bits per heavy atom. The molecule has 0 amide bonds. The van der Waals surface area contributed by atoms with Crippen molar-refractivity contribution in [2.75, 3.05) is 7.11 Å². The maximum absolute atomic E-state index is 12.8. The van der Waals surface area contributed by atoms with Gasteiger partial charge in [-0.1, -0.05) is 18.2 Å². The molecule has 3 heterocycles. The van der Waals surface area contributed by atoms with E-state index < -0.39 is 9.84 Å². The molecule has 0 bridgehead atoms. The first-order valence-corrected chi connectivity index (χ1v) is 10.6. The third kappa shape index (κ3) is 3.92. The van der Waals surface area contributed by atoms with Crippen LogP contribution in [0.3, 0.4) is 0 Å². The number of Topliss-reactive ketones (excluding diaryl/α,β-unsaturated/α-hetero) is 1. The molecular weight excluding hydrogens is 404 g/mol. The van der Waals surface area contributed by atoms with Crippen LogP contribution in [0, 0.1) is 0 Å². The largest absolute Gasteiger partial charge is 0.481 e. The van der Waals surface area contributed by atoms with E-state index in [0.29, 0.717) is 17.8 Å². The average molecular weight is 422 g/mol. The zero-order chi connectivity index (χ0) is 21.1. The van der Waals surface area contributed by atoms with Crippen LogP contribution in [0.5, 0.6) is 5.88 Å². The number of ketones is 1. The van der Waals surface area contributed by atoms with E-state index in [1.807, 2.05) is 0 Å². The van der Waals surface area contributed by atoms with Gasteiger partial charge in [-0.05, 0) is 30.2 Å². The molecule has 0 aliphatic rings. The third-order valence-corrected chi connectivity index (χ3v) is 6.30. The van der Waals surface area contributed by atoms with Crippen molar-refractivity contribution in [2.45, 2.75) is 22.8 Å². The number of aryl methyl sites for hydroxylation is 1. The number of carbonyl (C=O) groups is 1. The molecule has 0 saturated heterocycles.